The minimum atomic E-state index is -0.205. The van der Waals surface area contributed by atoms with Crippen LogP contribution in [-0.4, -0.2) is 18.5 Å². The smallest absolute Gasteiger partial charge is 0.234 e. The number of carbonyl (C=O) groups excluding carboxylic acids is 1. The van der Waals surface area contributed by atoms with E-state index in [0.29, 0.717) is 5.92 Å². The van der Waals surface area contributed by atoms with Gasteiger partial charge in [0.1, 0.15) is 0 Å². The Bertz CT molecular complexity index is 147. The van der Waals surface area contributed by atoms with Gasteiger partial charge in [-0.15, -0.1) is 0 Å². The van der Waals surface area contributed by atoms with Crippen LogP contribution in [0.4, 0.5) is 0 Å². The molecule has 3 N–H and O–H groups in total. The first kappa shape index (κ1) is 8.53. The molecule has 1 unspecified atom stereocenters. The van der Waals surface area contributed by atoms with Crippen LogP contribution in [0, 0.1) is 5.92 Å². The lowest BCUT2D eigenvalue weighted by molar-refractivity contribution is -0.119. The van der Waals surface area contributed by atoms with E-state index in [4.69, 9.17) is 5.73 Å². The van der Waals surface area contributed by atoms with Gasteiger partial charge in [-0.2, -0.15) is 0 Å². The molecule has 0 aromatic carbocycles. The van der Waals surface area contributed by atoms with Crippen LogP contribution in [0.25, 0.3) is 0 Å². The molecule has 0 aromatic rings. The van der Waals surface area contributed by atoms with Crippen molar-refractivity contribution in [3.05, 3.63) is 0 Å². The van der Waals surface area contributed by atoms with Crippen molar-refractivity contribution in [1.82, 2.24) is 5.32 Å². The molecule has 0 radical (unpaired) electrons. The summed E-state index contributed by atoms with van der Waals surface area (Å²) in [5, 5.41) is 3.12. The van der Waals surface area contributed by atoms with Gasteiger partial charge in [0.05, 0.1) is 6.04 Å². The molecule has 11 heavy (non-hydrogen) atoms. The molecular weight excluding hydrogens is 140 g/mol. The molecule has 1 fully saturated rings. The highest BCUT2D eigenvalue weighted by molar-refractivity contribution is 5.80. The van der Waals surface area contributed by atoms with Gasteiger partial charge in [-0.3, -0.25) is 4.79 Å². The number of nitrogens with one attached hydrogen (secondary N) is 1. The van der Waals surface area contributed by atoms with E-state index in [9.17, 15) is 4.79 Å². The van der Waals surface area contributed by atoms with E-state index in [1.807, 2.05) is 0 Å². The van der Waals surface area contributed by atoms with Gasteiger partial charge in [-0.1, -0.05) is 13.3 Å². The minimum Gasteiger partial charge on any atom is -0.368 e. The molecule has 1 aliphatic rings. The summed E-state index contributed by atoms with van der Waals surface area (Å²) < 4.78 is 0. The van der Waals surface area contributed by atoms with E-state index in [2.05, 4.69) is 12.2 Å². The van der Waals surface area contributed by atoms with Crippen LogP contribution in [0.2, 0.25) is 0 Å². The van der Waals surface area contributed by atoms with Crippen molar-refractivity contribution in [3.63, 3.8) is 0 Å². The first-order chi connectivity index (χ1) is 5.24. The summed E-state index contributed by atoms with van der Waals surface area (Å²) in [7, 11) is 0. The first-order valence-corrected chi connectivity index (χ1v) is 4.26. The topological polar surface area (TPSA) is 55.1 Å². The molecule has 3 nitrogen and oxygen atoms in total. The van der Waals surface area contributed by atoms with Gasteiger partial charge in [-0.25, -0.2) is 0 Å². The summed E-state index contributed by atoms with van der Waals surface area (Å²) in [6.45, 7) is 3.12. The molecule has 0 spiro atoms. The molecule has 1 aliphatic heterocycles. The summed E-state index contributed by atoms with van der Waals surface area (Å²) in [4.78, 5) is 10.7. The van der Waals surface area contributed by atoms with Crippen molar-refractivity contribution in [2.75, 3.05) is 6.54 Å². The van der Waals surface area contributed by atoms with Crippen LogP contribution in [-0.2, 0) is 4.79 Å². The third kappa shape index (κ3) is 2.19. The Morgan fingerprint density at radius 1 is 1.73 bits per heavy atom. The highest BCUT2D eigenvalue weighted by atomic mass is 16.1. The fraction of sp³-hybridized carbons (Fsp3) is 0.875. The van der Waals surface area contributed by atoms with Crippen molar-refractivity contribution >= 4 is 5.91 Å². The second-order valence-corrected chi connectivity index (χ2v) is 3.25. The van der Waals surface area contributed by atoms with Gasteiger partial charge in [0.15, 0.2) is 0 Å². The summed E-state index contributed by atoms with van der Waals surface area (Å²) in [6, 6.07) is -0.0634. The molecule has 0 saturated carbocycles. The van der Waals surface area contributed by atoms with Gasteiger partial charge < -0.3 is 11.1 Å². The largest absolute Gasteiger partial charge is 0.368 e. The summed E-state index contributed by atoms with van der Waals surface area (Å²) >= 11 is 0. The molecule has 0 aliphatic carbocycles. The number of primary amides is 1. The fourth-order valence-electron chi connectivity index (χ4n) is 1.65. The van der Waals surface area contributed by atoms with Crippen molar-refractivity contribution in [1.29, 1.82) is 0 Å². The zero-order valence-corrected chi connectivity index (χ0v) is 6.97. The molecule has 0 aromatic heterocycles. The van der Waals surface area contributed by atoms with Crippen LogP contribution < -0.4 is 11.1 Å². The van der Waals surface area contributed by atoms with Crippen LogP contribution in [0.15, 0.2) is 0 Å². The predicted octanol–water partition coefficient (Wildman–Crippen LogP) is 0.250. The summed E-state index contributed by atoms with van der Waals surface area (Å²) in [5.74, 6) is 0.459. The fourth-order valence-corrected chi connectivity index (χ4v) is 1.65. The molecule has 3 heteroatoms. The Morgan fingerprint density at radius 3 is 2.91 bits per heavy atom. The monoisotopic (exact) mass is 156 g/mol. The molecule has 1 saturated heterocycles. The van der Waals surface area contributed by atoms with Gasteiger partial charge in [-0.05, 0) is 25.3 Å². The lowest BCUT2D eigenvalue weighted by Crippen LogP contribution is -2.36. The predicted molar refractivity (Wildman–Crippen MR) is 44.0 cm³/mol. The third-order valence-corrected chi connectivity index (χ3v) is 2.26. The van der Waals surface area contributed by atoms with E-state index in [-0.39, 0.29) is 11.9 Å². The summed E-state index contributed by atoms with van der Waals surface area (Å²) in [6.07, 6.45) is 3.33. The molecule has 0 bridgehead atoms. The highest BCUT2D eigenvalue weighted by Crippen LogP contribution is 2.18. The number of rotatable bonds is 3. The van der Waals surface area contributed by atoms with Gasteiger partial charge in [0.2, 0.25) is 5.91 Å². The average molecular weight is 156 g/mol. The second kappa shape index (κ2) is 3.72. The first-order valence-electron chi connectivity index (χ1n) is 4.26. The lowest BCUT2D eigenvalue weighted by Gasteiger charge is -2.04. The average Bonchev–Trinajstić information content (AvgIpc) is 2.37. The molecule has 1 amide bonds. The van der Waals surface area contributed by atoms with Crippen molar-refractivity contribution < 1.29 is 4.79 Å². The summed E-state index contributed by atoms with van der Waals surface area (Å²) in [5.41, 5.74) is 5.15. The Kier molecular flexibility index (Phi) is 2.88. The number of hydrogen-bond acceptors (Lipinski definition) is 2. The van der Waals surface area contributed by atoms with E-state index < -0.39 is 0 Å². The van der Waals surface area contributed by atoms with Crippen LogP contribution in [0.1, 0.15) is 26.2 Å². The lowest BCUT2D eigenvalue weighted by atomic mass is 10.0. The number of carbonyl (C=O) groups is 1. The zero-order valence-electron chi connectivity index (χ0n) is 6.97. The Labute approximate surface area is 67.3 Å². The molecule has 2 atom stereocenters. The maximum absolute atomic E-state index is 10.7. The maximum atomic E-state index is 10.7. The normalized spacial score (nSPS) is 30.6. The number of nitrogens with two attached hydrogens (primary N) is 1. The van der Waals surface area contributed by atoms with E-state index >= 15 is 0 Å². The molecular formula is C8H16N2O. The van der Waals surface area contributed by atoms with Crippen molar-refractivity contribution in [3.8, 4) is 0 Å². The molecule has 64 valence electrons. The van der Waals surface area contributed by atoms with E-state index in [1.165, 1.54) is 12.8 Å². The van der Waals surface area contributed by atoms with Gasteiger partial charge in [0.25, 0.3) is 0 Å². The maximum Gasteiger partial charge on any atom is 0.234 e. The number of hydrogen-bond donors (Lipinski definition) is 2. The molecule has 1 heterocycles. The third-order valence-electron chi connectivity index (χ3n) is 2.26. The quantitative estimate of drug-likeness (QED) is 0.615. The van der Waals surface area contributed by atoms with Crippen LogP contribution >= 0.6 is 0 Å². The van der Waals surface area contributed by atoms with E-state index in [1.54, 1.807) is 0 Å². The van der Waals surface area contributed by atoms with Gasteiger partial charge in [0, 0.05) is 0 Å². The van der Waals surface area contributed by atoms with E-state index in [0.717, 1.165) is 13.0 Å². The number of amides is 1. The Morgan fingerprint density at radius 2 is 2.45 bits per heavy atom. The highest BCUT2D eigenvalue weighted by Gasteiger charge is 2.26. The zero-order chi connectivity index (χ0) is 8.27. The standard InChI is InChI=1S/C8H16N2O/c1-2-3-6-4-7(8(9)11)10-5-6/h6-7,10H,2-5H2,1H3,(H2,9,11)/t6?,7-/m0/s1. The van der Waals surface area contributed by atoms with Crippen LogP contribution in [0.5, 0.6) is 0 Å². The SMILES string of the molecule is CCCC1CN[C@H](C(N)=O)C1. The second-order valence-electron chi connectivity index (χ2n) is 3.25. The van der Waals surface area contributed by atoms with Crippen molar-refractivity contribution in [2.45, 2.75) is 32.2 Å². The van der Waals surface area contributed by atoms with Crippen molar-refractivity contribution in [2.24, 2.45) is 11.7 Å². The Hall–Kier alpha value is -0.570. The minimum absolute atomic E-state index is 0.0634. The van der Waals surface area contributed by atoms with Crippen LogP contribution in [0.3, 0.4) is 0 Å². The van der Waals surface area contributed by atoms with Gasteiger partial charge >= 0.3 is 0 Å². The molecule has 1 rings (SSSR count). The Balaban J connectivity index is 2.29.